The molecular formula is C32H41N3O9. The molecule has 4 aliphatic rings. The highest BCUT2D eigenvalue weighted by Gasteiger charge is 2.64. The van der Waals surface area contributed by atoms with Crippen molar-refractivity contribution in [1.82, 2.24) is 15.5 Å². The van der Waals surface area contributed by atoms with E-state index in [2.05, 4.69) is 10.6 Å². The number of nitrogens with zero attached hydrogens (tertiary/aromatic N) is 1. The van der Waals surface area contributed by atoms with Crippen LogP contribution in [-0.4, -0.2) is 102 Å². The van der Waals surface area contributed by atoms with Crippen molar-refractivity contribution >= 4 is 29.8 Å². The van der Waals surface area contributed by atoms with E-state index in [0.29, 0.717) is 5.56 Å². The van der Waals surface area contributed by atoms with E-state index in [9.17, 15) is 24.3 Å². The predicted octanol–water partition coefficient (Wildman–Crippen LogP) is 0.918. The van der Waals surface area contributed by atoms with Crippen LogP contribution in [0, 0.1) is 11.8 Å². The molecule has 2 saturated carbocycles. The van der Waals surface area contributed by atoms with Crippen molar-refractivity contribution in [3.05, 3.63) is 53.1 Å². The Balaban J connectivity index is 1.36. The fraction of sp³-hybridized carbons (Fsp3) is 0.562. The minimum Gasteiger partial charge on any atom is -0.456 e. The number of hydrogen-bond acceptors (Lipinski definition) is 9. The molecule has 0 aromatic heterocycles. The first-order valence-corrected chi connectivity index (χ1v) is 15.2. The average molecular weight is 612 g/mol. The number of likely N-dealkylation sites (N-methyl/N-ethyl adjacent to an activating group) is 1. The zero-order valence-electron chi connectivity index (χ0n) is 25.2. The summed E-state index contributed by atoms with van der Waals surface area (Å²) >= 11 is 0. The third-order valence-corrected chi connectivity index (χ3v) is 8.40. The molecule has 5 rings (SSSR count). The maximum absolute atomic E-state index is 13.5. The van der Waals surface area contributed by atoms with Gasteiger partial charge in [-0.15, -0.1) is 0 Å². The summed E-state index contributed by atoms with van der Waals surface area (Å²) in [5.41, 5.74) is 1.15. The zero-order valence-corrected chi connectivity index (χ0v) is 25.2. The van der Waals surface area contributed by atoms with Crippen molar-refractivity contribution in [1.29, 1.82) is 0 Å². The lowest BCUT2D eigenvalue weighted by Gasteiger charge is -2.31. The van der Waals surface area contributed by atoms with Crippen LogP contribution in [0.15, 0.2) is 42.0 Å². The number of amides is 3. The largest absolute Gasteiger partial charge is 0.456 e. The predicted molar refractivity (Wildman–Crippen MR) is 158 cm³/mol. The first-order chi connectivity index (χ1) is 21.0. The molecule has 4 N–H and O–H groups in total. The summed E-state index contributed by atoms with van der Waals surface area (Å²) in [7, 11) is 3.29. The van der Waals surface area contributed by atoms with Crippen LogP contribution >= 0.6 is 0 Å². The van der Waals surface area contributed by atoms with Crippen molar-refractivity contribution in [3.63, 3.8) is 0 Å². The Morgan fingerprint density at radius 2 is 1.84 bits per heavy atom. The van der Waals surface area contributed by atoms with Gasteiger partial charge in [0.15, 0.2) is 5.79 Å². The van der Waals surface area contributed by atoms with Gasteiger partial charge in [0.2, 0.25) is 17.7 Å². The topological polar surface area (TPSA) is 164 Å². The Morgan fingerprint density at radius 3 is 2.45 bits per heavy atom. The zero-order chi connectivity index (χ0) is 31.6. The second-order valence-electron chi connectivity index (χ2n) is 12.2. The summed E-state index contributed by atoms with van der Waals surface area (Å²) in [6, 6.07) is 5.42. The van der Waals surface area contributed by atoms with Crippen molar-refractivity contribution in [2.45, 2.75) is 75.3 Å². The number of carbonyl (C=O) groups is 4. The van der Waals surface area contributed by atoms with Crippen LogP contribution in [0.1, 0.15) is 54.9 Å². The van der Waals surface area contributed by atoms with Crippen LogP contribution in [0.4, 0.5) is 0 Å². The molecule has 1 aromatic carbocycles. The van der Waals surface area contributed by atoms with Gasteiger partial charge in [-0.1, -0.05) is 12.1 Å². The van der Waals surface area contributed by atoms with Gasteiger partial charge in [-0.25, -0.2) is 4.79 Å². The number of rotatable bonds is 12. The van der Waals surface area contributed by atoms with Gasteiger partial charge in [-0.3, -0.25) is 14.4 Å². The number of aliphatic hydroxyl groups is 2. The van der Waals surface area contributed by atoms with Gasteiger partial charge in [0.25, 0.3) is 0 Å². The fourth-order valence-electron chi connectivity index (χ4n) is 5.79. The maximum Gasteiger partial charge on any atom is 0.338 e. The quantitative estimate of drug-likeness (QED) is 0.199. The smallest absolute Gasteiger partial charge is 0.338 e. The Bertz CT molecular complexity index is 1320. The van der Waals surface area contributed by atoms with Gasteiger partial charge in [0.1, 0.15) is 24.4 Å². The highest BCUT2D eigenvalue weighted by Crippen LogP contribution is 2.59. The fourth-order valence-corrected chi connectivity index (χ4v) is 5.79. The summed E-state index contributed by atoms with van der Waals surface area (Å²) in [6.45, 7) is 1.06. The molecule has 12 heteroatoms. The maximum atomic E-state index is 13.5. The Kier molecular flexibility index (Phi) is 9.54. The van der Waals surface area contributed by atoms with Crippen LogP contribution in [0.3, 0.4) is 0 Å². The van der Waals surface area contributed by atoms with Gasteiger partial charge >= 0.3 is 5.97 Å². The van der Waals surface area contributed by atoms with Crippen molar-refractivity contribution in [2.24, 2.45) is 11.8 Å². The second kappa shape index (κ2) is 13.2. The highest BCUT2D eigenvalue weighted by atomic mass is 16.8. The molecule has 1 saturated heterocycles. The third kappa shape index (κ3) is 7.04. The number of carbonyl (C=O) groups excluding carboxylic acids is 4. The van der Waals surface area contributed by atoms with Crippen molar-refractivity contribution in [2.75, 3.05) is 27.2 Å². The van der Waals surface area contributed by atoms with E-state index in [1.807, 2.05) is 0 Å². The summed E-state index contributed by atoms with van der Waals surface area (Å²) in [6.07, 6.45) is 5.28. The molecular weight excluding hydrogens is 570 g/mol. The van der Waals surface area contributed by atoms with Gasteiger partial charge in [-0.05, 0) is 62.5 Å². The van der Waals surface area contributed by atoms with E-state index in [1.54, 1.807) is 50.5 Å². The minimum atomic E-state index is -1.26. The van der Waals surface area contributed by atoms with Crippen LogP contribution < -0.4 is 10.6 Å². The van der Waals surface area contributed by atoms with Crippen molar-refractivity contribution in [3.8, 4) is 0 Å². The molecule has 1 heterocycles. The molecule has 3 aliphatic carbocycles. The second-order valence-corrected chi connectivity index (χ2v) is 12.2. The first kappa shape index (κ1) is 31.8. The molecule has 3 amide bonds. The van der Waals surface area contributed by atoms with E-state index >= 15 is 0 Å². The van der Waals surface area contributed by atoms with Crippen LogP contribution in [-0.2, 0) is 28.6 Å². The SMILES string of the molecule is CC(O)C(NC(=O)C1=CC2OC(C3CC3)(C3CC3)OC2C(OC(=O)c2cccc(C=CC(=O)N(C)C)c2)C1)C(=O)NCCO. The summed E-state index contributed by atoms with van der Waals surface area (Å²) in [5, 5.41) is 24.3. The Morgan fingerprint density at radius 1 is 1.14 bits per heavy atom. The first-order valence-electron chi connectivity index (χ1n) is 15.2. The van der Waals surface area contributed by atoms with Gasteiger partial charge in [0.05, 0.1) is 18.3 Å². The van der Waals surface area contributed by atoms with Crippen LogP contribution in [0.25, 0.3) is 6.08 Å². The van der Waals surface area contributed by atoms with Crippen LogP contribution in [0.2, 0.25) is 0 Å². The molecule has 5 unspecified atom stereocenters. The van der Waals surface area contributed by atoms with E-state index in [4.69, 9.17) is 19.3 Å². The minimum absolute atomic E-state index is 0.00916. The highest BCUT2D eigenvalue weighted by molar-refractivity contribution is 5.98. The summed E-state index contributed by atoms with van der Waals surface area (Å²) < 4.78 is 19.2. The molecule has 1 aliphatic heterocycles. The number of hydrogen-bond donors (Lipinski definition) is 4. The molecule has 0 spiro atoms. The van der Waals surface area contributed by atoms with Gasteiger partial charge < -0.3 is 40.0 Å². The molecule has 238 valence electrons. The molecule has 5 atom stereocenters. The Labute approximate surface area is 256 Å². The number of nitrogens with one attached hydrogen (secondary N) is 2. The third-order valence-electron chi connectivity index (χ3n) is 8.40. The molecule has 44 heavy (non-hydrogen) atoms. The molecule has 0 bridgehead atoms. The normalized spacial score (nSPS) is 25.4. The van der Waals surface area contributed by atoms with E-state index in [-0.39, 0.29) is 48.5 Å². The number of aliphatic hydroxyl groups excluding tert-OH is 2. The average Bonchev–Trinajstić information content (AvgIpc) is 3.94. The summed E-state index contributed by atoms with van der Waals surface area (Å²) in [5.74, 6) is -2.35. The van der Waals surface area contributed by atoms with Gasteiger partial charge in [-0.2, -0.15) is 0 Å². The van der Waals surface area contributed by atoms with E-state index in [0.717, 1.165) is 25.7 Å². The lowest BCUT2D eigenvalue weighted by Crippen LogP contribution is -2.54. The number of ether oxygens (including phenoxy) is 3. The molecule has 1 aromatic rings. The standard InChI is InChI=1S/C32H41N3O9/c1-18(37)27(30(40)33-13-14-36)34-29(39)21-16-24(28-25(17-21)43-32(44-28,22-8-9-22)23-10-11-23)42-31(41)20-6-4-5-19(15-20)7-12-26(38)35(2)3/h4-7,12,15,17-18,22-25,27-28,36-37H,8-11,13-14,16H2,1-3H3,(H,33,40)(H,34,39). The molecule has 0 radical (unpaired) electrons. The van der Waals surface area contributed by atoms with Crippen molar-refractivity contribution < 1.29 is 43.6 Å². The number of fused-ring (bicyclic) bond motifs is 1. The lowest BCUT2D eigenvalue weighted by molar-refractivity contribution is -0.209. The van der Waals surface area contributed by atoms with Gasteiger partial charge in [0, 0.05) is 50.5 Å². The van der Waals surface area contributed by atoms with Crippen LogP contribution in [0.5, 0.6) is 0 Å². The summed E-state index contributed by atoms with van der Waals surface area (Å²) in [4.78, 5) is 52.9. The number of esters is 1. The Hall–Kier alpha value is -3.58. The van der Waals surface area contributed by atoms with E-state index in [1.165, 1.54) is 17.9 Å². The molecule has 3 fully saturated rings. The molecule has 12 nitrogen and oxygen atoms in total. The monoisotopic (exact) mass is 611 g/mol. The van der Waals surface area contributed by atoms with E-state index < -0.39 is 54.0 Å². The number of benzene rings is 1. The lowest BCUT2D eigenvalue weighted by atomic mass is 9.91.